The predicted octanol–water partition coefficient (Wildman–Crippen LogP) is 3.59. The standard InChI is InChI=1S/C14H17N3O2S/c1-8-7-15-13(20-8)17-11-6-9(12(18)19)5-10(16-11)14(2,3)4/h5-7H,1-4H3,(H,18,19)(H,15,16,17). The molecule has 0 aliphatic heterocycles. The Morgan fingerprint density at radius 3 is 2.55 bits per heavy atom. The van der Waals surface area contributed by atoms with E-state index in [2.05, 4.69) is 15.3 Å². The number of thiazole rings is 1. The maximum atomic E-state index is 11.2. The second-order valence-corrected chi connectivity index (χ2v) is 6.82. The lowest BCUT2D eigenvalue weighted by Gasteiger charge is -2.19. The van der Waals surface area contributed by atoms with Gasteiger partial charge in [0.15, 0.2) is 5.13 Å². The molecular weight excluding hydrogens is 274 g/mol. The molecule has 0 bridgehead atoms. The zero-order valence-corrected chi connectivity index (χ0v) is 12.7. The zero-order chi connectivity index (χ0) is 14.9. The molecule has 20 heavy (non-hydrogen) atoms. The molecule has 5 nitrogen and oxygen atoms in total. The van der Waals surface area contributed by atoms with Crippen LogP contribution in [0.15, 0.2) is 18.3 Å². The fourth-order valence-corrected chi connectivity index (χ4v) is 2.30. The zero-order valence-electron chi connectivity index (χ0n) is 11.9. The number of aryl methyl sites for hydroxylation is 1. The fourth-order valence-electron chi connectivity index (χ4n) is 1.62. The lowest BCUT2D eigenvalue weighted by Crippen LogP contribution is -2.16. The number of hydrogen-bond donors (Lipinski definition) is 2. The minimum absolute atomic E-state index is 0.222. The molecule has 0 atom stereocenters. The highest BCUT2D eigenvalue weighted by atomic mass is 32.1. The van der Waals surface area contributed by atoms with Crippen molar-refractivity contribution < 1.29 is 9.90 Å². The quantitative estimate of drug-likeness (QED) is 0.904. The van der Waals surface area contributed by atoms with Gasteiger partial charge in [-0.05, 0) is 19.1 Å². The van der Waals surface area contributed by atoms with Gasteiger partial charge in [0.05, 0.1) is 5.56 Å². The van der Waals surface area contributed by atoms with Gasteiger partial charge in [-0.15, -0.1) is 11.3 Å². The van der Waals surface area contributed by atoms with Crippen LogP contribution in [0.3, 0.4) is 0 Å². The summed E-state index contributed by atoms with van der Waals surface area (Å²) in [7, 11) is 0. The maximum Gasteiger partial charge on any atom is 0.335 e. The summed E-state index contributed by atoms with van der Waals surface area (Å²) in [6, 6.07) is 3.13. The highest BCUT2D eigenvalue weighted by Gasteiger charge is 2.19. The van der Waals surface area contributed by atoms with Gasteiger partial charge in [0.1, 0.15) is 5.82 Å². The first-order valence-corrected chi connectivity index (χ1v) is 7.02. The molecule has 2 heterocycles. The van der Waals surface area contributed by atoms with E-state index < -0.39 is 5.97 Å². The number of hydrogen-bond acceptors (Lipinski definition) is 5. The van der Waals surface area contributed by atoms with E-state index in [1.54, 1.807) is 12.3 Å². The number of carboxylic acid groups (broad SMARTS) is 1. The Kier molecular flexibility index (Phi) is 3.76. The molecule has 2 aromatic heterocycles. The first kappa shape index (κ1) is 14.5. The van der Waals surface area contributed by atoms with Crippen LogP contribution in [0.2, 0.25) is 0 Å². The van der Waals surface area contributed by atoms with E-state index in [1.165, 1.54) is 17.4 Å². The average Bonchev–Trinajstić information content (AvgIpc) is 2.73. The molecule has 0 saturated carbocycles. The van der Waals surface area contributed by atoms with Gasteiger partial charge in [-0.2, -0.15) is 0 Å². The van der Waals surface area contributed by atoms with E-state index in [0.717, 1.165) is 10.6 Å². The van der Waals surface area contributed by atoms with Gasteiger partial charge < -0.3 is 10.4 Å². The summed E-state index contributed by atoms with van der Waals surface area (Å²) in [6.45, 7) is 7.96. The van der Waals surface area contributed by atoms with Crippen molar-refractivity contribution in [3.05, 3.63) is 34.5 Å². The third-order valence-electron chi connectivity index (χ3n) is 2.70. The van der Waals surface area contributed by atoms with Crippen LogP contribution in [-0.4, -0.2) is 21.0 Å². The number of anilines is 2. The highest BCUT2D eigenvalue weighted by Crippen LogP contribution is 2.26. The first-order valence-electron chi connectivity index (χ1n) is 6.21. The molecule has 2 rings (SSSR count). The molecule has 106 valence electrons. The number of aromatic carboxylic acids is 1. The summed E-state index contributed by atoms with van der Waals surface area (Å²) in [5.41, 5.74) is 0.731. The Morgan fingerprint density at radius 2 is 2.05 bits per heavy atom. The van der Waals surface area contributed by atoms with Gasteiger partial charge in [-0.25, -0.2) is 14.8 Å². The molecule has 2 aromatic rings. The average molecular weight is 291 g/mol. The molecule has 0 spiro atoms. The molecule has 0 radical (unpaired) electrons. The lowest BCUT2D eigenvalue weighted by molar-refractivity contribution is 0.0696. The van der Waals surface area contributed by atoms with Crippen molar-refractivity contribution in [1.82, 2.24) is 9.97 Å². The van der Waals surface area contributed by atoms with Gasteiger partial charge in [0.25, 0.3) is 0 Å². The molecule has 6 heteroatoms. The number of nitrogens with one attached hydrogen (secondary N) is 1. The van der Waals surface area contributed by atoms with Crippen molar-refractivity contribution in [1.29, 1.82) is 0 Å². The van der Waals surface area contributed by atoms with Crippen molar-refractivity contribution in [3.8, 4) is 0 Å². The molecule has 0 aromatic carbocycles. The normalized spacial score (nSPS) is 11.4. The smallest absolute Gasteiger partial charge is 0.335 e. The Morgan fingerprint density at radius 1 is 1.35 bits per heavy atom. The molecule has 0 aliphatic carbocycles. The summed E-state index contributed by atoms with van der Waals surface area (Å²) in [4.78, 5) is 21.0. The van der Waals surface area contributed by atoms with E-state index in [-0.39, 0.29) is 11.0 Å². The first-order chi connectivity index (χ1) is 9.25. The van der Waals surface area contributed by atoms with Crippen molar-refractivity contribution in [3.63, 3.8) is 0 Å². The molecule has 0 aliphatic rings. The molecular formula is C14H17N3O2S. The summed E-state index contributed by atoms with van der Waals surface area (Å²) in [5.74, 6) is -0.458. The van der Waals surface area contributed by atoms with Crippen LogP contribution in [-0.2, 0) is 5.41 Å². The third kappa shape index (κ3) is 3.33. The van der Waals surface area contributed by atoms with Crippen molar-refractivity contribution in [2.24, 2.45) is 0 Å². The minimum atomic E-state index is -0.962. The fraction of sp³-hybridized carbons (Fsp3) is 0.357. The second kappa shape index (κ2) is 5.20. The maximum absolute atomic E-state index is 11.2. The number of pyridine rings is 1. The Labute approximate surface area is 121 Å². The monoisotopic (exact) mass is 291 g/mol. The number of rotatable bonds is 3. The van der Waals surface area contributed by atoms with Gasteiger partial charge in [-0.3, -0.25) is 0 Å². The molecule has 0 saturated heterocycles. The number of nitrogens with zero attached hydrogens (tertiary/aromatic N) is 2. The topological polar surface area (TPSA) is 75.1 Å². The number of carbonyl (C=O) groups is 1. The Hall–Kier alpha value is -1.95. The van der Waals surface area contributed by atoms with Crippen LogP contribution in [0.25, 0.3) is 0 Å². The molecule has 0 unspecified atom stereocenters. The third-order valence-corrected chi connectivity index (χ3v) is 3.53. The van der Waals surface area contributed by atoms with Gasteiger partial charge >= 0.3 is 5.97 Å². The lowest BCUT2D eigenvalue weighted by atomic mass is 9.91. The highest BCUT2D eigenvalue weighted by molar-refractivity contribution is 7.15. The van der Waals surface area contributed by atoms with Crippen LogP contribution in [0.4, 0.5) is 10.9 Å². The Bertz CT molecular complexity index is 644. The van der Waals surface area contributed by atoms with Crippen LogP contribution < -0.4 is 5.32 Å². The van der Waals surface area contributed by atoms with Gasteiger partial charge in [0, 0.05) is 22.2 Å². The molecule has 2 N–H and O–H groups in total. The molecule has 0 fully saturated rings. The number of carboxylic acids is 1. The van der Waals surface area contributed by atoms with E-state index in [9.17, 15) is 9.90 Å². The summed E-state index contributed by atoms with van der Waals surface area (Å²) in [5, 5.41) is 13.0. The van der Waals surface area contributed by atoms with Gasteiger partial charge in [0.2, 0.25) is 0 Å². The summed E-state index contributed by atoms with van der Waals surface area (Å²) in [6.07, 6.45) is 1.76. The number of aromatic nitrogens is 2. The van der Waals surface area contributed by atoms with E-state index in [1.807, 2.05) is 27.7 Å². The van der Waals surface area contributed by atoms with Crippen molar-refractivity contribution in [2.45, 2.75) is 33.1 Å². The van der Waals surface area contributed by atoms with Crippen LogP contribution in [0, 0.1) is 6.92 Å². The largest absolute Gasteiger partial charge is 0.478 e. The van der Waals surface area contributed by atoms with Gasteiger partial charge in [-0.1, -0.05) is 20.8 Å². The summed E-state index contributed by atoms with van der Waals surface area (Å²) < 4.78 is 0. The van der Waals surface area contributed by atoms with Crippen LogP contribution in [0.1, 0.15) is 41.7 Å². The van der Waals surface area contributed by atoms with Crippen LogP contribution >= 0.6 is 11.3 Å². The van der Waals surface area contributed by atoms with E-state index in [0.29, 0.717) is 10.9 Å². The molecule has 0 amide bonds. The van der Waals surface area contributed by atoms with Crippen LogP contribution in [0.5, 0.6) is 0 Å². The SMILES string of the molecule is Cc1cnc(Nc2cc(C(=O)O)cc(C(C)(C)C)n2)s1. The Balaban J connectivity index is 2.41. The van der Waals surface area contributed by atoms with E-state index >= 15 is 0 Å². The second-order valence-electron chi connectivity index (χ2n) is 5.58. The summed E-state index contributed by atoms with van der Waals surface area (Å²) >= 11 is 1.50. The van der Waals surface area contributed by atoms with E-state index in [4.69, 9.17) is 0 Å². The predicted molar refractivity (Wildman–Crippen MR) is 80.0 cm³/mol. The van der Waals surface area contributed by atoms with Crippen molar-refractivity contribution >= 4 is 28.3 Å². The van der Waals surface area contributed by atoms with Crippen molar-refractivity contribution in [2.75, 3.05) is 5.32 Å². The minimum Gasteiger partial charge on any atom is -0.478 e.